The van der Waals surface area contributed by atoms with Gasteiger partial charge in [-0.25, -0.2) is 9.18 Å². The Morgan fingerprint density at radius 3 is 2.72 bits per heavy atom. The highest BCUT2D eigenvalue weighted by Gasteiger charge is 2.41. The van der Waals surface area contributed by atoms with Gasteiger partial charge >= 0.3 is 6.03 Å². The maximum Gasteiger partial charge on any atom is 0.319 e. The van der Waals surface area contributed by atoms with Gasteiger partial charge in [-0.2, -0.15) is 0 Å². The van der Waals surface area contributed by atoms with Crippen LogP contribution in [0.15, 0.2) is 24.3 Å². The average molecular weight is 251 g/mol. The van der Waals surface area contributed by atoms with Crippen molar-refractivity contribution in [2.75, 3.05) is 11.9 Å². The van der Waals surface area contributed by atoms with E-state index in [0.717, 1.165) is 12.8 Å². The Morgan fingerprint density at radius 2 is 2.17 bits per heavy atom. The van der Waals surface area contributed by atoms with Gasteiger partial charge in [0.05, 0.1) is 11.2 Å². The van der Waals surface area contributed by atoms with Crippen LogP contribution < -0.4 is 16.4 Å². The molecular weight excluding hydrogens is 233 g/mol. The molecule has 4 N–H and O–H groups in total. The molecule has 0 saturated heterocycles. The van der Waals surface area contributed by atoms with E-state index in [1.54, 1.807) is 12.1 Å². The van der Waals surface area contributed by atoms with Crippen molar-refractivity contribution < 1.29 is 9.18 Å². The molecule has 98 valence electrons. The smallest absolute Gasteiger partial charge is 0.319 e. The first-order valence-electron chi connectivity index (χ1n) is 6.09. The van der Waals surface area contributed by atoms with Crippen LogP contribution in [0.1, 0.15) is 19.8 Å². The van der Waals surface area contributed by atoms with Gasteiger partial charge in [0, 0.05) is 6.54 Å². The van der Waals surface area contributed by atoms with Crippen molar-refractivity contribution in [2.45, 2.75) is 25.3 Å². The number of anilines is 1. The van der Waals surface area contributed by atoms with Gasteiger partial charge in [-0.15, -0.1) is 0 Å². The van der Waals surface area contributed by atoms with Crippen LogP contribution in [0.4, 0.5) is 14.9 Å². The molecule has 0 heterocycles. The zero-order valence-corrected chi connectivity index (χ0v) is 10.4. The van der Waals surface area contributed by atoms with E-state index >= 15 is 0 Å². The van der Waals surface area contributed by atoms with Crippen molar-refractivity contribution in [3.8, 4) is 0 Å². The van der Waals surface area contributed by atoms with E-state index in [0.29, 0.717) is 12.5 Å². The standard InChI is InChI=1S/C13H18FN3O/c1-13(8-15,9-6-7-9)17-12(18)16-11-5-3-2-4-10(11)14/h2-5,9H,6-8,15H2,1H3,(H2,16,17,18). The molecule has 1 aliphatic rings. The molecule has 1 fully saturated rings. The highest BCUT2D eigenvalue weighted by molar-refractivity contribution is 5.89. The van der Waals surface area contributed by atoms with Gasteiger partial charge in [-0.1, -0.05) is 12.1 Å². The first-order chi connectivity index (χ1) is 8.55. The molecule has 5 heteroatoms. The lowest BCUT2D eigenvalue weighted by Gasteiger charge is -2.29. The molecule has 1 atom stereocenters. The van der Waals surface area contributed by atoms with Gasteiger partial charge in [0.2, 0.25) is 0 Å². The number of nitrogens with two attached hydrogens (primary N) is 1. The fraction of sp³-hybridized carbons (Fsp3) is 0.462. The van der Waals surface area contributed by atoms with Crippen LogP contribution in [0, 0.1) is 11.7 Å². The van der Waals surface area contributed by atoms with Crippen LogP contribution in [0.3, 0.4) is 0 Å². The van der Waals surface area contributed by atoms with Crippen molar-refractivity contribution in [2.24, 2.45) is 11.7 Å². The minimum absolute atomic E-state index is 0.171. The van der Waals surface area contributed by atoms with E-state index < -0.39 is 17.4 Å². The van der Waals surface area contributed by atoms with E-state index in [4.69, 9.17) is 5.73 Å². The van der Waals surface area contributed by atoms with E-state index in [1.165, 1.54) is 12.1 Å². The molecule has 2 rings (SSSR count). The van der Waals surface area contributed by atoms with Crippen LogP contribution in [0.25, 0.3) is 0 Å². The highest BCUT2D eigenvalue weighted by Crippen LogP contribution is 2.38. The minimum atomic E-state index is -0.450. The van der Waals surface area contributed by atoms with Gasteiger partial charge in [-0.3, -0.25) is 0 Å². The summed E-state index contributed by atoms with van der Waals surface area (Å²) in [6, 6.07) is 5.65. The summed E-state index contributed by atoms with van der Waals surface area (Å²) in [7, 11) is 0. The largest absolute Gasteiger partial charge is 0.331 e. The van der Waals surface area contributed by atoms with Crippen LogP contribution in [-0.4, -0.2) is 18.1 Å². The molecule has 2 amide bonds. The monoisotopic (exact) mass is 251 g/mol. The topological polar surface area (TPSA) is 67.1 Å². The second-order valence-electron chi connectivity index (χ2n) is 4.95. The summed E-state index contributed by atoms with van der Waals surface area (Å²) >= 11 is 0. The second kappa shape index (κ2) is 4.94. The Labute approximate surface area is 106 Å². The lowest BCUT2D eigenvalue weighted by atomic mass is 9.96. The summed E-state index contributed by atoms with van der Waals surface area (Å²) < 4.78 is 13.4. The first-order valence-corrected chi connectivity index (χ1v) is 6.09. The molecule has 4 nitrogen and oxygen atoms in total. The van der Waals surface area contributed by atoms with Crippen molar-refractivity contribution in [1.82, 2.24) is 5.32 Å². The fourth-order valence-electron chi connectivity index (χ4n) is 2.02. The molecule has 1 aromatic carbocycles. The molecule has 0 radical (unpaired) electrons. The lowest BCUT2D eigenvalue weighted by molar-refractivity contribution is 0.234. The zero-order chi connectivity index (χ0) is 13.2. The number of hydrogen-bond donors (Lipinski definition) is 3. The third kappa shape index (κ3) is 2.79. The van der Waals surface area contributed by atoms with Gasteiger partial charge < -0.3 is 16.4 Å². The number of carbonyl (C=O) groups excluding carboxylic acids is 1. The maximum atomic E-state index is 13.4. The number of hydrogen-bond acceptors (Lipinski definition) is 2. The lowest BCUT2D eigenvalue weighted by Crippen LogP contribution is -2.54. The molecule has 0 aliphatic heterocycles. The molecule has 1 saturated carbocycles. The highest BCUT2D eigenvalue weighted by atomic mass is 19.1. The van der Waals surface area contributed by atoms with Gasteiger partial charge in [-0.05, 0) is 37.8 Å². The Balaban J connectivity index is 1.98. The normalized spacial score (nSPS) is 17.9. The first kappa shape index (κ1) is 12.8. The number of benzene rings is 1. The Hall–Kier alpha value is -1.62. The van der Waals surface area contributed by atoms with E-state index in [-0.39, 0.29) is 5.69 Å². The SMILES string of the molecule is CC(CN)(NC(=O)Nc1ccccc1F)C1CC1. The van der Waals surface area contributed by atoms with Crippen LogP contribution in [-0.2, 0) is 0 Å². The molecule has 1 aliphatic carbocycles. The van der Waals surface area contributed by atoms with Crippen molar-refractivity contribution in [3.63, 3.8) is 0 Å². The summed E-state index contributed by atoms with van der Waals surface area (Å²) in [6.07, 6.45) is 2.15. The van der Waals surface area contributed by atoms with Crippen LogP contribution in [0.2, 0.25) is 0 Å². The number of halogens is 1. The summed E-state index contributed by atoms with van der Waals surface area (Å²) in [6.45, 7) is 2.30. The van der Waals surface area contributed by atoms with Gasteiger partial charge in [0.15, 0.2) is 0 Å². The Bertz CT molecular complexity index is 448. The average Bonchev–Trinajstić information content (AvgIpc) is 3.16. The molecule has 0 bridgehead atoms. The Morgan fingerprint density at radius 1 is 1.50 bits per heavy atom. The summed E-state index contributed by atoms with van der Waals surface area (Å²) in [5.74, 6) is -0.0256. The molecule has 1 aromatic rings. The number of nitrogens with one attached hydrogen (secondary N) is 2. The number of carbonyl (C=O) groups is 1. The molecular formula is C13H18FN3O. The zero-order valence-electron chi connectivity index (χ0n) is 10.4. The third-order valence-corrected chi connectivity index (χ3v) is 3.42. The van der Waals surface area contributed by atoms with E-state index in [2.05, 4.69) is 10.6 Å². The number of rotatable bonds is 4. The summed E-state index contributed by atoms with van der Waals surface area (Å²) in [4.78, 5) is 11.8. The quantitative estimate of drug-likeness (QED) is 0.767. The summed E-state index contributed by atoms with van der Waals surface area (Å²) in [5, 5.41) is 5.34. The number of amides is 2. The molecule has 18 heavy (non-hydrogen) atoms. The van der Waals surface area contributed by atoms with Crippen LogP contribution >= 0.6 is 0 Å². The second-order valence-corrected chi connectivity index (χ2v) is 4.95. The molecule has 1 unspecified atom stereocenters. The molecule has 0 aromatic heterocycles. The maximum absolute atomic E-state index is 13.4. The fourth-order valence-corrected chi connectivity index (χ4v) is 2.02. The minimum Gasteiger partial charge on any atom is -0.331 e. The Kier molecular flexibility index (Phi) is 3.52. The van der Waals surface area contributed by atoms with Crippen LogP contribution in [0.5, 0.6) is 0 Å². The number of urea groups is 1. The predicted octanol–water partition coefficient (Wildman–Crippen LogP) is 2.07. The molecule has 0 spiro atoms. The van der Waals surface area contributed by atoms with Crippen molar-refractivity contribution in [3.05, 3.63) is 30.1 Å². The third-order valence-electron chi connectivity index (χ3n) is 3.42. The van der Waals surface area contributed by atoms with Gasteiger partial charge in [0.25, 0.3) is 0 Å². The van der Waals surface area contributed by atoms with E-state index in [1.807, 2.05) is 6.92 Å². The predicted molar refractivity (Wildman–Crippen MR) is 68.7 cm³/mol. The number of para-hydroxylation sites is 1. The van der Waals surface area contributed by atoms with Crippen molar-refractivity contribution >= 4 is 11.7 Å². The van der Waals surface area contributed by atoms with Crippen molar-refractivity contribution in [1.29, 1.82) is 0 Å². The van der Waals surface area contributed by atoms with Gasteiger partial charge in [0.1, 0.15) is 5.82 Å². The van der Waals surface area contributed by atoms with E-state index in [9.17, 15) is 9.18 Å². The summed E-state index contributed by atoms with van der Waals surface area (Å²) in [5.41, 5.74) is 5.47.